The van der Waals surface area contributed by atoms with Gasteiger partial charge in [0.25, 0.3) is 5.91 Å². The highest BCUT2D eigenvalue weighted by molar-refractivity contribution is 5.85. The van der Waals surface area contributed by atoms with Crippen LogP contribution in [0.3, 0.4) is 0 Å². The highest BCUT2D eigenvalue weighted by Gasteiger charge is 2.39. The van der Waals surface area contributed by atoms with Crippen LogP contribution in [0.2, 0.25) is 0 Å². The Labute approximate surface area is 203 Å². The van der Waals surface area contributed by atoms with E-state index in [1.54, 1.807) is 11.1 Å². The number of hydrogen-bond acceptors (Lipinski definition) is 4. The molecule has 6 heteroatoms. The zero-order valence-corrected chi connectivity index (χ0v) is 20.6. The third kappa shape index (κ3) is 5.50. The quantitative estimate of drug-likeness (QED) is 0.606. The van der Waals surface area contributed by atoms with Crippen LogP contribution in [0.4, 0.5) is 0 Å². The van der Waals surface area contributed by atoms with E-state index in [0.29, 0.717) is 31.3 Å². The van der Waals surface area contributed by atoms with Crippen molar-refractivity contribution in [1.29, 1.82) is 0 Å². The van der Waals surface area contributed by atoms with Gasteiger partial charge in [0.15, 0.2) is 0 Å². The third-order valence-electron chi connectivity index (χ3n) is 6.80. The number of hydrazine groups is 1. The van der Waals surface area contributed by atoms with Gasteiger partial charge in [-0.05, 0) is 40.5 Å². The molecule has 2 unspecified atom stereocenters. The van der Waals surface area contributed by atoms with E-state index in [1.807, 2.05) is 11.2 Å². The van der Waals surface area contributed by atoms with E-state index >= 15 is 0 Å². The maximum Gasteiger partial charge on any atom is 0.250 e. The maximum atomic E-state index is 13.1. The standard InChI is InChI=1S/C28H36N4O2/c1-19(2)22-7-5-21(6-8-22)18-29-27(33)13-14-31-15-16-32-26(28(31)34)17-25(30-32)24-11-9-23(10-12-24)20(3)4/h5-12,15-16,19-20,25-26,30H,13-14,17-18H2,1-4H3,(H,29,33). The normalized spacial score (nSPS) is 19.8. The minimum absolute atomic E-state index is 0.0355. The van der Waals surface area contributed by atoms with Crippen molar-refractivity contribution in [3.05, 3.63) is 83.2 Å². The largest absolute Gasteiger partial charge is 0.352 e. The van der Waals surface area contributed by atoms with Crippen LogP contribution in [-0.4, -0.2) is 34.3 Å². The van der Waals surface area contributed by atoms with Crippen molar-refractivity contribution >= 4 is 11.8 Å². The highest BCUT2D eigenvalue weighted by Crippen LogP contribution is 2.31. The zero-order valence-electron chi connectivity index (χ0n) is 20.6. The minimum Gasteiger partial charge on any atom is -0.352 e. The lowest BCUT2D eigenvalue weighted by Gasteiger charge is -2.31. The second-order valence-electron chi connectivity index (χ2n) is 9.91. The Bertz CT molecular complexity index is 1030. The van der Waals surface area contributed by atoms with Gasteiger partial charge in [0.1, 0.15) is 6.04 Å². The van der Waals surface area contributed by atoms with Crippen LogP contribution in [0.15, 0.2) is 60.9 Å². The van der Waals surface area contributed by atoms with Crippen LogP contribution in [0.25, 0.3) is 0 Å². The van der Waals surface area contributed by atoms with Gasteiger partial charge in [-0.25, -0.2) is 5.43 Å². The molecule has 2 amide bonds. The Morgan fingerprint density at radius 2 is 1.59 bits per heavy atom. The van der Waals surface area contributed by atoms with E-state index in [4.69, 9.17) is 0 Å². The van der Waals surface area contributed by atoms with Gasteiger partial charge in [0.05, 0.1) is 6.04 Å². The Hall–Kier alpha value is -3.12. The number of hydrogen-bond donors (Lipinski definition) is 2. The van der Waals surface area contributed by atoms with Gasteiger partial charge in [-0.1, -0.05) is 76.2 Å². The van der Waals surface area contributed by atoms with Crippen molar-refractivity contribution in [2.24, 2.45) is 0 Å². The van der Waals surface area contributed by atoms with Crippen molar-refractivity contribution in [2.45, 2.75) is 71.0 Å². The van der Waals surface area contributed by atoms with Crippen LogP contribution in [-0.2, 0) is 16.1 Å². The van der Waals surface area contributed by atoms with E-state index in [0.717, 1.165) is 5.56 Å². The molecule has 0 bridgehead atoms. The molecule has 2 heterocycles. The number of nitrogens with zero attached hydrogens (tertiary/aromatic N) is 2. The van der Waals surface area contributed by atoms with Crippen molar-refractivity contribution in [3.8, 4) is 0 Å². The van der Waals surface area contributed by atoms with Gasteiger partial charge in [0, 0.05) is 31.9 Å². The van der Waals surface area contributed by atoms with Gasteiger partial charge >= 0.3 is 0 Å². The molecule has 0 spiro atoms. The molecule has 1 saturated heterocycles. The van der Waals surface area contributed by atoms with E-state index in [1.165, 1.54) is 16.7 Å². The number of carbonyl (C=O) groups is 2. The summed E-state index contributed by atoms with van der Waals surface area (Å²) in [4.78, 5) is 27.1. The number of nitrogens with one attached hydrogen (secondary N) is 2. The number of benzene rings is 2. The van der Waals surface area contributed by atoms with Gasteiger partial charge in [-0.3, -0.25) is 9.59 Å². The molecule has 6 nitrogen and oxygen atoms in total. The Kier molecular flexibility index (Phi) is 7.37. The maximum absolute atomic E-state index is 13.1. The lowest BCUT2D eigenvalue weighted by atomic mass is 9.97. The molecule has 2 aromatic carbocycles. The third-order valence-corrected chi connectivity index (χ3v) is 6.80. The first-order valence-electron chi connectivity index (χ1n) is 12.3. The molecule has 180 valence electrons. The summed E-state index contributed by atoms with van der Waals surface area (Å²) in [5.74, 6) is 0.973. The van der Waals surface area contributed by atoms with Crippen molar-refractivity contribution in [3.63, 3.8) is 0 Å². The van der Waals surface area contributed by atoms with Crippen molar-refractivity contribution < 1.29 is 9.59 Å². The predicted octanol–water partition coefficient (Wildman–Crippen LogP) is 4.57. The molecule has 0 saturated carbocycles. The fourth-order valence-electron chi connectivity index (χ4n) is 4.48. The molecule has 34 heavy (non-hydrogen) atoms. The lowest BCUT2D eigenvalue weighted by molar-refractivity contribution is -0.134. The zero-order chi connectivity index (χ0) is 24.2. The summed E-state index contributed by atoms with van der Waals surface area (Å²) < 4.78 is 0. The molecule has 2 aliphatic heterocycles. The average Bonchev–Trinajstić information content (AvgIpc) is 3.28. The molecule has 0 aromatic heterocycles. The molecule has 0 radical (unpaired) electrons. The fraction of sp³-hybridized carbons (Fsp3) is 0.429. The molecule has 2 aromatic rings. The van der Waals surface area contributed by atoms with Crippen LogP contribution < -0.4 is 10.7 Å². The number of amides is 2. The van der Waals surface area contributed by atoms with E-state index in [-0.39, 0.29) is 30.3 Å². The van der Waals surface area contributed by atoms with Gasteiger partial charge in [0.2, 0.25) is 5.91 Å². The summed E-state index contributed by atoms with van der Waals surface area (Å²) in [7, 11) is 0. The fourth-order valence-corrected chi connectivity index (χ4v) is 4.48. The van der Waals surface area contributed by atoms with Gasteiger partial charge < -0.3 is 15.2 Å². The van der Waals surface area contributed by atoms with E-state index < -0.39 is 0 Å². The van der Waals surface area contributed by atoms with E-state index in [9.17, 15) is 9.59 Å². The topological polar surface area (TPSA) is 64.7 Å². The van der Waals surface area contributed by atoms with Crippen LogP contribution in [0.1, 0.15) is 80.7 Å². The number of rotatable bonds is 8. The Morgan fingerprint density at radius 1 is 0.971 bits per heavy atom. The molecular weight excluding hydrogens is 424 g/mol. The minimum atomic E-state index is -0.248. The summed E-state index contributed by atoms with van der Waals surface area (Å²) in [6.07, 6.45) is 4.66. The van der Waals surface area contributed by atoms with Crippen molar-refractivity contribution in [1.82, 2.24) is 20.7 Å². The Balaban J connectivity index is 1.26. The molecule has 1 fully saturated rings. The highest BCUT2D eigenvalue weighted by atomic mass is 16.2. The monoisotopic (exact) mass is 460 g/mol. The summed E-state index contributed by atoms with van der Waals surface area (Å²) in [6.45, 7) is 9.58. The van der Waals surface area contributed by atoms with Gasteiger partial charge in [-0.2, -0.15) is 0 Å². The second-order valence-corrected chi connectivity index (χ2v) is 9.91. The smallest absolute Gasteiger partial charge is 0.250 e. The molecule has 2 atom stereocenters. The molecule has 2 N–H and O–H groups in total. The first-order valence-corrected chi connectivity index (χ1v) is 12.3. The first kappa shape index (κ1) is 24.0. The van der Waals surface area contributed by atoms with Crippen LogP contribution in [0.5, 0.6) is 0 Å². The molecule has 0 aliphatic carbocycles. The number of carbonyl (C=O) groups excluding carboxylic acids is 2. The van der Waals surface area contributed by atoms with Gasteiger partial charge in [-0.15, -0.1) is 0 Å². The molecule has 4 rings (SSSR count). The Morgan fingerprint density at radius 3 is 2.21 bits per heavy atom. The summed E-state index contributed by atoms with van der Waals surface area (Å²) in [5.41, 5.74) is 8.31. The van der Waals surface area contributed by atoms with Crippen molar-refractivity contribution in [2.75, 3.05) is 6.54 Å². The average molecular weight is 461 g/mol. The second kappa shape index (κ2) is 10.4. The molecule has 2 aliphatic rings. The van der Waals surface area contributed by atoms with Crippen LogP contribution in [0, 0.1) is 0 Å². The SMILES string of the molecule is CC(C)c1ccc(CNC(=O)CCN2C=CN3NC(c4ccc(C(C)C)cc4)CC3C2=O)cc1. The summed E-state index contributed by atoms with van der Waals surface area (Å²) >= 11 is 0. The number of fused-ring (bicyclic) bond motifs is 1. The molecular formula is C28H36N4O2. The summed E-state index contributed by atoms with van der Waals surface area (Å²) in [5, 5.41) is 4.87. The first-order chi connectivity index (χ1) is 16.3. The predicted molar refractivity (Wildman–Crippen MR) is 134 cm³/mol. The lowest BCUT2D eigenvalue weighted by Crippen LogP contribution is -2.48. The van der Waals surface area contributed by atoms with E-state index in [2.05, 4.69) is 87.0 Å². The summed E-state index contributed by atoms with van der Waals surface area (Å²) in [6, 6.07) is 16.8. The van der Waals surface area contributed by atoms with Crippen LogP contribution >= 0.6 is 0 Å².